The topological polar surface area (TPSA) is 38.9 Å². The lowest BCUT2D eigenvalue weighted by Crippen LogP contribution is -1.96. The van der Waals surface area contributed by atoms with Gasteiger partial charge in [-0.15, -0.1) is 0 Å². The molecule has 2 nitrogen and oxygen atoms in total. The van der Waals surface area contributed by atoms with Crippen molar-refractivity contribution in [2.45, 2.75) is 13.8 Å². The molecule has 3 rings (SSSR count). The van der Waals surface area contributed by atoms with Crippen molar-refractivity contribution in [3.8, 4) is 11.1 Å². The second-order valence-corrected chi connectivity index (χ2v) is 5.45. The van der Waals surface area contributed by atoms with Crippen LogP contribution in [0.1, 0.15) is 11.1 Å². The summed E-state index contributed by atoms with van der Waals surface area (Å²) in [6, 6.07) is 12.0. The van der Waals surface area contributed by atoms with Crippen LogP contribution in [-0.4, -0.2) is 4.98 Å². The molecule has 0 spiro atoms. The summed E-state index contributed by atoms with van der Waals surface area (Å²) in [6.07, 6.45) is 1.71. The zero-order chi connectivity index (χ0) is 14.3. The Labute approximate surface area is 123 Å². The molecule has 0 saturated carbocycles. The Morgan fingerprint density at radius 1 is 1.10 bits per heavy atom. The summed E-state index contributed by atoms with van der Waals surface area (Å²) in [5, 5.41) is 1.75. The van der Waals surface area contributed by atoms with Crippen LogP contribution in [0, 0.1) is 13.8 Å². The quantitative estimate of drug-likeness (QED) is 0.699. The highest BCUT2D eigenvalue weighted by Crippen LogP contribution is 2.37. The molecule has 0 aliphatic heterocycles. The molecule has 0 fully saturated rings. The number of nitrogens with two attached hydrogens (primary N) is 1. The number of hydrogen-bond donors (Lipinski definition) is 1. The van der Waals surface area contributed by atoms with Crippen LogP contribution in [0.5, 0.6) is 0 Å². The van der Waals surface area contributed by atoms with Crippen LogP contribution in [0.2, 0.25) is 5.02 Å². The number of nitrogens with zero attached hydrogens (tertiary/aromatic N) is 1. The molecule has 2 aromatic carbocycles. The number of halogens is 1. The lowest BCUT2D eigenvalue weighted by Gasteiger charge is -2.13. The van der Waals surface area contributed by atoms with Crippen molar-refractivity contribution in [2.75, 3.05) is 5.73 Å². The number of anilines is 1. The number of pyridine rings is 1. The number of rotatable bonds is 1. The molecule has 100 valence electrons. The first kappa shape index (κ1) is 12.9. The molecule has 0 bridgehead atoms. The van der Waals surface area contributed by atoms with Crippen molar-refractivity contribution in [1.29, 1.82) is 0 Å². The van der Waals surface area contributed by atoms with Gasteiger partial charge in [0.05, 0.1) is 17.4 Å². The summed E-state index contributed by atoms with van der Waals surface area (Å²) >= 11 is 6.33. The van der Waals surface area contributed by atoms with E-state index in [4.69, 9.17) is 17.3 Å². The maximum Gasteiger partial charge on any atom is 0.0739 e. The fourth-order valence-corrected chi connectivity index (χ4v) is 2.87. The minimum atomic E-state index is 0.649. The minimum Gasteiger partial charge on any atom is -0.397 e. The number of benzene rings is 2. The van der Waals surface area contributed by atoms with E-state index in [1.807, 2.05) is 24.3 Å². The van der Waals surface area contributed by atoms with Gasteiger partial charge in [0.1, 0.15) is 0 Å². The van der Waals surface area contributed by atoms with Gasteiger partial charge in [-0.3, -0.25) is 4.98 Å². The average Bonchev–Trinajstić information content (AvgIpc) is 2.39. The van der Waals surface area contributed by atoms with Gasteiger partial charge in [-0.2, -0.15) is 0 Å². The average molecular weight is 283 g/mol. The van der Waals surface area contributed by atoms with E-state index in [2.05, 4.69) is 31.0 Å². The molecule has 2 N–H and O–H groups in total. The van der Waals surface area contributed by atoms with E-state index in [0.29, 0.717) is 10.7 Å². The maximum atomic E-state index is 6.33. The molecule has 0 radical (unpaired) electrons. The first-order chi connectivity index (χ1) is 9.58. The van der Waals surface area contributed by atoms with Crippen LogP contribution in [0.15, 0.2) is 42.6 Å². The van der Waals surface area contributed by atoms with Crippen molar-refractivity contribution in [3.05, 3.63) is 58.7 Å². The zero-order valence-electron chi connectivity index (χ0n) is 11.4. The fourth-order valence-electron chi connectivity index (χ4n) is 2.64. The molecule has 0 aliphatic rings. The summed E-state index contributed by atoms with van der Waals surface area (Å²) in [6.45, 7) is 4.14. The van der Waals surface area contributed by atoms with Gasteiger partial charge in [0, 0.05) is 21.5 Å². The van der Waals surface area contributed by atoms with Crippen LogP contribution in [0.4, 0.5) is 5.69 Å². The third-order valence-electron chi connectivity index (χ3n) is 3.48. The van der Waals surface area contributed by atoms with Crippen LogP contribution < -0.4 is 5.73 Å². The lowest BCUT2D eigenvalue weighted by molar-refractivity contribution is 1.34. The number of aryl methyl sites for hydroxylation is 2. The molecule has 0 saturated heterocycles. The Morgan fingerprint density at radius 2 is 1.85 bits per heavy atom. The fraction of sp³-hybridized carbons (Fsp3) is 0.118. The second-order valence-electron chi connectivity index (χ2n) is 5.05. The van der Waals surface area contributed by atoms with Gasteiger partial charge in [-0.25, -0.2) is 0 Å². The first-order valence-electron chi connectivity index (χ1n) is 6.48. The van der Waals surface area contributed by atoms with Crippen molar-refractivity contribution in [2.24, 2.45) is 0 Å². The van der Waals surface area contributed by atoms with E-state index in [0.717, 1.165) is 27.6 Å². The monoisotopic (exact) mass is 282 g/mol. The largest absolute Gasteiger partial charge is 0.397 e. The van der Waals surface area contributed by atoms with Crippen molar-refractivity contribution < 1.29 is 0 Å². The van der Waals surface area contributed by atoms with E-state index >= 15 is 0 Å². The van der Waals surface area contributed by atoms with E-state index < -0.39 is 0 Å². The summed E-state index contributed by atoms with van der Waals surface area (Å²) in [5.74, 6) is 0. The summed E-state index contributed by atoms with van der Waals surface area (Å²) < 4.78 is 0. The highest BCUT2D eigenvalue weighted by atomic mass is 35.5. The summed E-state index contributed by atoms with van der Waals surface area (Å²) in [4.78, 5) is 4.47. The molecule has 0 amide bonds. The molecule has 3 heteroatoms. The predicted molar refractivity (Wildman–Crippen MR) is 86.1 cm³/mol. The van der Waals surface area contributed by atoms with Crippen LogP contribution in [0.3, 0.4) is 0 Å². The highest BCUT2D eigenvalue weighted by molar-refractivity contribution is 6.34. The Balaban J connectivity index is 2.46. The maximum absolute atomic E-state index is 6.33. The predicted octanol–water partition coefficient (Wildman–Crippen LogP) is 4.75. The normalized spacial score (nSPS) is 10.9. The van der Waals surface area contributed by atoms with Gasteiger partial charge < -0.3 is 5.73 Å². The van der Waals surface area contributed by atoms with E-state index in [-0.39, 0.29) is 0 Å². The molecule has 0 atom stereocenters. The Hall–Kier alpha value is -2.06. The Bertz CT molecular complexity index is 809. The van der Waals surface area contributed by atoms with Crippen LogP contribution >= 0.6 is 11.6 Å². The SMILES string of the molecule is Cc1cc(C)c2ncc(N)c(-c3ccccc3Cl)c2c1. The third kappa shape index (κ3) is 2.02. The molecule has 1 heterocycles. The van der Waals surface area contributed by atoms with Gasteiger partial charge in [0.2, 0.25) is 0 Å². The zero-order valence-corrected chi connectivity index (χ0v) is 12.2. The number of fused-ring (bicyclic) bond motifs is 1. The summed E-state index contributed by atoms with van der Waals surface area (Å²) in [7, 11) is 0. The van der Waals surface area contributed by atoms with Crippen molar-refractivity contribution in [1.82, 2.24) is 4.98 Å². The number of aromatic nitrogens is 1. The van der Waals surface area contributed by atoms with Gasteiger partial charge >= 0.3 is 0 Å². The van der Waals surface area contributed by atoms with E-state index in [1.54, 1.807) is 6.20 Å². The Morgan fingerprint density at radius 3 is 2.60 bits per heavy atom. The molecule has 20 heavy (non-hydrogen) atoms. The standard InChI is InChI=1S/C17H15ClN2/c1-10-7-11(2)17-13(8-10)16(15(19)9-20-17)12-5-3-4-6-14(12)18/h3-9H,19H2,1-2H3. The molecule has 3 aromatic rings. The van der Waals surface area contributed by atoms with E-state index in [1.165, 1.54) is 5.56 Å². The van der Waals surface area contributed by atoms with Crippen LogP contribution in [-0.2, 0) is 0 Å². The Kier molecular flexibility index (Phi) is 3.11. The smallest absolute Gasteiger partial charge is 0.0739 e. The highest BCUT2D eigenvalue weighted by Gasteiger charge is 2.13. The minimum absolute atomic E-state index is 0.649. The molecular weight excluding hydrogens is 268 g/mol. The van der Waals surface area contributed by atoms with Gasteiger partial charge in [-0.1, -0.05) is 41.4 Å². The summed E-state index contributed by atoms with van der Waals surface area (Å²) in [5.41, 5.74) is 12.0. The van der Waals surface area contributed by atoms with Gasteiger partial charge in [0.25, 0.3) is 0 Å². The first-order valence-corrected chi connectivity index (χ1v) is 6.86. The van der Waals surface area contributed by atoms with Gasteiger partial charge in [-0.05, 0) is 31.5 Å². The molecule has 0 aliphatic carbocycles. The van der Waals surface area contributed by atoms with Crippen LogP contribution in [0.25, 0.3) is 22.0 Å². The van der Waals surface area contributed by atoms with Crippen molar-refractivity contribution >= 4 is 28.2 Å². The van der Waals surface area contributed by atoms with Gasteiger partial charge in [0.15, 0.2) is 0 Å². The lowest BCUT2D eigenvalue weighted by atomic mass is 9.96. The van der Waals surface area contributed by atoms with E-state index in [9.17, 15) is 0 Å². The molecule has 0 unspecified atom stereocenters. The molecule has 1 aromatic heterocycles. The second kappa shape index (κ2) is 4.80. The van der Waals surface area contributed by atoms with Crippen molar-refractivity contribution in [3.63, 3.8) is 0 Å². The number of nitrogen functional groups attached to an aromatic ring is 1. The molecular formula is C17H15ClN2. The third-order valence-corrected chi connectivity index (χ3v) is 3.81. The number of hydrogen-bond acceptors (Lipinski definition) is 2.